The summed E-state index contributed by atoms with van der Waals surface area (Å²) in [5.41, 5.74) is 0.890. The van der Waals surface area contributed by atoms with Gasteiger partial charge in [-0.2, -0.15) is 13.2 Å². The normalized spacial score (nSPS) is 12.0. The Balaban J connectivity index is 2.16. The van der Waals surface area contributed by atoms with Crippen molar-refractivity contribution in [3.05, 3.63) is 16.1 Å². The molecule has 0 radical (unpaired) electrons. The molecule has 0 aliphatic heterocycles. The lowest BCUT2D eigenvalue weighted by Gasteiger charge is -2.05. The fraction of sp³-hybridized carbons (Fsp3) is 0.625. The predicted octanol–water partition coefficient (Wildman–Crippen LogP) is 2.57. The SMILES string of the molecule is Cc1csc(CCOCC(F)(F)F)n1. The van der Waals surface area contributed by atoms with Gasteiger partial charge in [0.05, 0.1) is 11.6 Å². The fourth-order valence-electron chi connectivity index (χ4n) is 0.865. The molecule has 14 heavy (non-hydrogen) atoms. The Morgan fingerprint density at radius 1 is 1.50 bits per heavy atom. The molecule has 0 aromatic carbocycles. The molecule has 0 aliphatic carbocycles. The number of aromatic nitrogens is 1. The maximum absolute atomic E-state index is 11.6. The van der Waals surface area contributed by atoms with Gasteiger partial charge in [-0.05, 0) is 6.92 Å². The summed E-state index contributed by atoms with van der Waals surface area (Å²) in [6, 6.07) is 0. The third-order valence-electron chi connectivity index (χ3n) is 1.39. The first-order valence-electron chi connectivity index (χ1n) is 4.03. The molecule has 1 rings (SSSR count). The van der Waals surface area contributed by atoms with Crippen LogP contribution in [0.5, 0.6) is 0 Å². The highest BCUT2D eigenvalue weighted by atomic mass is 32.1. The van der Waals surface area contributed by atoms with E-state index in [0.717, 1.165) is 10.7 Å². The Morgan fingerprint density at radius 3 is 2.71 bits per heavy atom. The lowest BCUT2D eigenvalue weighted by atomic mass is 10.5. The summed E-state index contributed by atoms with van der Waals surface area (Å²) < 4.78 is 39.4. The number of nitrogens with zero attached hydrogens (tertiary/aromatic N) is 1. The number of halogens is 3. The van der Waals surface area contributed by atoms with Crippen LogP contribution in [0, 0.1) is 6.92 Å². The second kappa shape index (κ2) is 4.75. The number of hydrogen-bond donors (Lipinski definition) is 0. The summed E-state index contributed by atoms with van der Waals surface area (Å²) in [5.74, 6) is 0. The van der Waals surface area contributed by atoms with Crippen molar-refractivity contribution < 1.29 is 17.9 Å². The maximum Gasteiger partial charge on any atom is 0.411 e. The van der Waals surface area contributed by atoms with Gasteiger partial charge in [0.2, 0.25) is 0 Å². The van der Waals surface area contributed by atoms with E-state index in [1.807, 2.05) is 12.3 Å². The Hall–Kier alpha value is -0.620. The van der Waals surface area contributed by atoms with E-state index < -0.39 is 12.8 Å². The van der Waals surface area contributed by atoms with Gasteiger partial charge in [-0.1, -0.05) is 0 Å². The Kier molecular flexibility index (Phi) is 3.88. The number of ether oxygens (including phenoxy) is 1. The summed E-state index contributed by atoms with van der Waals surface area (Å²) >= 11 is 1.44. The van der Waals surface area contributed by atoms with Gasteiger partial charge in [0.25, 0.3) is 0 Å². The molecule has 1 heterocycles. The molecular formula is C8H10F3NOS. The van der Waals surface area contributed by atoms with Crippen molar-refractivity contribution in [2.24, 2.45) is 0 Å². The highest BCUT2D eigenvalue weighted by Crippen LogP contribution is 2.15. The zero-order valence-electron chi connectivity index (χ0n) is 7.60. The van der Waals surface area contributed by atoms with Crippen molar-refractivity contribution in [1.82, 2.24) is 4.98 Å². The topological polar surface area (TPSA) is 22.1 Å². The van der Waals surface area contributed by atoms with Crippen molar-refractivity contribution in [1.29, 1.82) is 0 Å². The van der Waals surface area contributed by atoms with Gasteiger partial charge in [-0.15, -0.1) is 11.3 Å². The van der Waals surface area contributed by atoms with Gasteiger partial charge in [0, 0.05) is 17.5 Å². The Bertz CT molecular complexity index is 284. The van der Waals surface area contributed by atoms with E-state index in [1.165, 1.54) is 11.3 Å². The summed E-state index contributed by atoms with van der Waals surface area (Å²) in [7, 11) is 0. The molecule has 0 N–H and O–H groups in total. The molecule has 80 valence electrons. The summed E-state index contributed by atoms with van der Waals surface area (Å²) in [5, 5.41) is 2.67. The van der Waals surface area contributed by atoms with Gasteiger partial charge in [-0.3, -0.25) is 0 Å². The first-order chi connectivity index (χ1) is 6.47. The number of aryl methyl sites for hydroxylation is 1. The van der Waals surface area contributed by atoms with E-state index in [2.05, 4.69) is 9.72 Å². The molecule has 1 aromatic heterocycles. The molecule has 1 aromatic rings. The summed E-state index contributed by atoms with van der Waals surface area (Å²) in [4.78, 5) is 4.10. The number of thiazole rings is 1. The molecule has 0 amide bonds. The zero-order chi connectivity index (χ0) is 10.6. The van der Waals surface area contributed by atoms with Crippen LogP contribution in [0.4, 0.5) is 13.2 Å². The van der Waals surface area contributed by atoms with E-state index in [-0.39, 0.29) is 6.61 Å². The van der Waals surface area contributed by atoms with Gasteiger partial charge in [0.1, 0.15) is 6.61 Å². The molecule has 0 saturated carbocycles. The second-order valence-electron chi connectivity index (χ2n) is 2.80. The molecule has 0 atom stereocenters. The first kappa shape index (κ1) is 11.5. The van der Waals surface area contributed by atoms with Crippen LogP contribution < -0.4 is 0 Å². The molecule has 2 nitrogen and oxygen atoms in total. The van der Waals surface area contributed by atoms with Crippen LogP contribution in [0.1, 0.15) is 10.7 Å². The van der Waals surface area contributed by atoms with Crippen molar-refractivity contribution >= 4 is 11.3 Å². The minimum absolute atomic E-state index is 0.0620. The van der Waals surface area contributed by atoms with Crippen molar-refractivity contribution in [2.75, 3.05) is 13.2 Å². The van der Waals surface area contributed by atoms with E-state index in [0.29, 0.717) is 6.42 Å². The van der Waals surface area contributed by atoms with Crippen LogP contribution >= 0.6 is 11.3 Å². The lowest BCUT2D eigenvalue weighted by molar-refractivity contribution is -0.173. The Morgan fingerprint density at radius 2 is 2.21 bits per heavy atom. The third kappa shape index (κ3) is 4.57. The van der Waals surface area contributed by atoms with E-state index in [9.17, 15) is 13.2 Å². The van der Waals surface area contributed by atoms with E-state index in [1.54, 1.807) is 0 Å². The fourth-order valence-corrected chi connectivity index (χ4v) is 1.62. The van der Waals surface area contributed by atoms with Gasteiger partial charge in [0.15, 0.2) is 0 Å². The largest absolute Gasteiger partial charge is 0.411 e. The highest BCUT2D eigenvalue weighted by Gasteiger charge is 2.27. The van der Waals surface area contributed by atoms with Crippen LogP contribution in [-0.4, -0.2) is 24.4 Å². The number of alkyl halides is 3. The van der Waals surface area contributed by atoms with Gasteiger partial charge >= 0.3 is 6.18 Å². The third-order valence-corrected chi connectivity index (χ3v) is 2.42. The van der Waals surface area contributed by atoms with Gasteiger partial charge < -0.3 is 4.74 Å². The average Bonchev–Trinajstić information content (AvgIpc) is 2.44. The van der Waals surface area contributed by atoms with Crippen LogP contribution in [0.15, 0.2) is 5.38 Å². The van der Waals surface area contributed by atoms with Crippen LogP contribution in [0.25, 0.3) is 0 Å². The van der Waals surface area contributed by atoms with Crippen LogP contribution in [-0.2, 0) is 11.2 Å². The molecule has 0 saturated heterocycles. The van der Waals surface area contributed by atoms with Crippen molar-refractivity contribution in [3.63, 3.8) is 0 Å². The van der Waals surface area contributed by atoms with Crippen LogP contribution in [0.3, 0.4) is 0 Å². The van der Waals surface area contributed by atoms with Crippen LogP contribution in [0.2, 0.25) is 0 Å². The molecular weight excluding hydrogens is 215 g/mol. The predicted molar refractivity (Wildman–Crippen MR) is 47.4 cm³/mol. The van der Waals surface area contributed by atoms with E-state index in [4.69, 9.17) is 0 Å². The first-order valence-corrected chi connectivity index (χ1v) is 4.91. The highest BCUT2D eigenvalue weighted by molar-refractivity contribution is 7.09. The lowest BCUT2D eigenvalue weighted by Crippen LogP contribution is -2.17. The van der Waals surface area contributed by atoms with Gasteiger partial charge in [-0.25, -0.2) is 4.98 Å². The Labute approximate surface area is 83.7 Å². The quantitative estimate of drug-likeness (QED) is 0.735. The second-order valence-corrected chi connectivity index (χ2v) is 3.74. The van der Waals surface area contributed by atoms with Crippen molar-refractivity contribution in [3.8, 4) is 0 Å². The monoisotopic (exact) mass is 225 g/mol. The standard InChI is InChI=1S/C8H10F3NOS/c1-6-4-14-7(12-6)2-3-13-5-8(9,10)11/h4H,2-3,5H2,1H3. The zero-order valence-corrected chi connectivity index (χ0v) is 8.41. The summed E-state index contributed by atoms with van der Waals surface area (Å²) in [6.07, 6.45) is -3.80. The molecule has 0 fully saturated rings. The minimum Gasteiger partial charge on any atom is -0.372 e. The van der Waals surface area contributed by atoms with E-state index >= 15 is 0 Å². The maximum atomic E-state index is 11.6. The molecule has 0 aliphatic rings. The molecule has 0 unspecified atom stereocenters. The molecule has 6 heteroatoms. The molecule has 0 spiro atoms. The summed E-state index contributed by atoms with van der Waals surface area (Å²) in [6.45, 7) is 0.723. The molecule has 0 bridgehead atoms. The van der Waals surface area contributed by atoms with Crippen molar-refractivity contribution in [2.45, 2.75) is 19.5 Å². The number of rotatable bonds is 4. The average molecular weight is 225 g/mol. The minimum atomic E-state index is -4.24. The number of hydrogen-bond acceptors (Lipinski definition) is 3. The smallest absolute Gasteiger partial charge is 0.372 e.